The Balaban J connectivity index is 2.00. The fourth-order valence-electron chi connectivity index (χ4n) is 2.56. The van der Waals surface area contributed by atoms with Crippen LogP contribution in [0, 0.1) is 5.92 Å². The minimum absolute atomic E-state index is 0.100. The van der Waals surface area contributed by atoms with Crippen molar-refractivity contribution >= 4 is 11.6 Å². The molecule has 0 aliphatic rings. The van der Waals surface area contributed by atoms with E-state index in [-0.39, 0.29) is 17.6 Å². The molecule has 2 N–H and O–H groups in total. The molecule has 0 aliphatic heterocycles. The maximum Gasteiger partial charge on any atom is 0.345 e. The molecule has 2 aromatic rings. The zero-order valence-electron chi connectivity index (χ0n) is 15.2. The van der Waals surface area contributed by atoms with E-state index < -0.39 is 5.69 Å². The van der Waals surface area contributed by atoms with Crippen LogP contribution in [0.5, 0.6) is 0 Å². The molecule has 0 saturated heterocycles. The molecule has 1 atom stereocenters. The number of amides is 1. The molecule has 1 heterocycles. The molecule has 0 aliphatic carbocycles. The number of nitrogens with one attached hydrogen (secondary N) is 2. The number of rotatable bonds is 7. The zero-order valence-corrected chi connectivity index (χ0v) is 15.2. The van der Waals surface area contributed by atoms with Crippen LogP contribution in [-0.2, 0) is 6.42 Å². The Morgan fingerprint density at radius 1 is 1.24 bits per heavy atom. The van der Waals surface area contributed by atoms with Gasteiger partial charge in [-0.1, -0.05) is 32.0 Å². The molecule has 1 aromatic heterocycles. The number of H-pyrrole nitrogens is 1. The van der Waals surface area contributed by atoms with Gasteiger partial charge in [-0.2, -0.15) is 4.98 Å². The number of hydrogen-bond donors (Lipinski definition) is 2. The van der Waals surface area contributed by atoms with Crippen molar-refractivity contribution in [2.75, 3.05) is 18.5 Å². The van der Waals surface area contributed by atoms with Crippen LogP contribution in [0.1, 0.15) is 37.0 Å². The maximum absolute atomic E-state index is 12.4. The average Bonchev–Trinajstić information content (AvgIpc) is 2.58. The number of carbonyl (C=O) groups excluding carboxylic acids is 1. The molecular formula is C19H26N4O2. The molecule has 0 bridgehead atoms. The van der Waals surface area contributed by atoms with Crippen molar-refractivity contribution in [3.8, 4) is 0 Å². The van der Waals surface area contributed by atoms with Crippen LogP contribution < -0.4 is 15.9 Å². The van der Waals surface area contributed by atoms with E-state index in [9.17, 15) is 9.59 Å². The number of aromatic nitrogens is 2. The highest BCUT2D eigenvalue weighted by Crippen LogP contribution is 2.13. The Labute approximate surface area is 148 Å². The summed E-state index contributed by atoms with van der Waals surface area (Å²) >= 11 is 0. The Morgan fingerprint density at radius 3 is 2.56 bits per heavy atom. The molecule has 0 spiro atoms. The summed E-state index contributed by atoms with van der Waals surface area (Å²) in [6.45, 7) is 6.60. The molecular weight excluding hydrogens is 316 g/mol. The minimum Gasteiger partial charge on any atom is -0.370 e. The van der Waals surface area contributed by atoms with E-state index in [0.29, 0.717) is 18.9 Å². The Bertz CT molecular complexity index is 756. The lowest BCUT2D eigenvalue weighted by Gasteiger charge is -2.27. The van der Waals surface area contributed by atoms with E-state index >= 15 is 0 Å². The first-order valence-electron chi connectivity index (χ1n) is 8.53. The summed E-state index contributed by atoms with van der Waals surface area (Å²) in [5, 5.41) is 2.86. The van der Waals surface area contributed by atoms with Crippen LogP contribution in [0.15, 0.2) is 41.2 Å². The maximum atomic E-state index is 12.4. The molecule has 0 fully saturated rings. The van der Waals surface area contributed by atoms with Gasteiger partial charge in [-0.25, -0.2) is 4.79 Å². The monoisotopic (exact) mass is 342 g/mol. The van der Waals surface area contributed by atoms with Crippen LogP contribution in [0.4, 0.5) is 5.69 Å². The third kappa shape index (κ3) is 5.45. The van der Waals surface area contributed by atoms with Crippen molar-refractivity contribution < 1.29 is 4.79 Å². The van der Waals surface area contributed by atoms with Crippen molar-refractivity contribution in [2.45, 2.75) is 33.2 Å². The van der Waals surface area contributed by atoms with Crippen LogP contribution in [0.25, 0.3) is 0 Å². The first-order chi connectivity index (χ1) is 11.9. The number of likely N-dealkylation sites (N-methyl/N-ethyl adjacent to an activating group) is 1. The quantitative estimate of drug-likeness (QED) is 0.809. The smallest absolute Gasteiger partial charge is 0.345 e. The predicted octanol–water partition coefficient (Wildman–Crippen LogP) is 2.22. The van der Waals surface area contributed by atoms with Crippen LogP contribution in [0.2, 0.25) is 0 Å². The van der Waals surface area contributed by atoms with Gasteiger partial charge in [0.25, 0.3) is 5.91 Å². The molecule has 25 heavy (non-hydrogen) atoms. The summed E-state index contributed by atoms with van der Waals surface area (Å²) in [5.74, 6) is 0.0536. The van der Waals surface area contributed by atoms with Crippen molar-refractivity contribution in [3.63, 3.8) is 0 Å². The molecule has 6 nitrogen and oxygen atoms in total. The molecule has 0 radical (unpaired) electrons. The largest absolute Gasteiger partial charge is 0.370 e. The summed E-state index contributed by atoms with van der Waals surface area (Å²) in [4.78, 5) is 32.6. The lowest BCUT2D eigenvalue weighted by Crippen LogP contribution is -2.40. The van der Waals surface area contributed by atoms with Crippen LogP contribution >= 0.6 is 0 Å². The van der Waals surface area contributed by atoms with E-state index in [4.69, 9.17) is 0 Å². The number of nitrogens with zero attached hydrogens (tertiary/aromatic N) is 2. The van der Waals surface area contributed by atoms with Gasteiger partial charge in [0.1, 0.15) is 5.69 Å². The third-order valence-corrected chi connectivity index (χ3v) is 4.04. The number of para-hydroxylation sites is 1. The van der Waals surface area contributed by atoms with Gasteiger partial charge in [0.2, 0.25) is 0 Å². The number of carbonyl (C=O) groups is 1. The molecule has 6 heteroatoms. The molecule has 1 aromatic carbocycles. The van der Waals surface area contributed by atoms with Crippen molar-refractivity contribution in [2.24, 2.45) is 5.92 Å². The summed E-state index contributed by atoms with van der Waals surface area (Å²) in [6, 6.07) is 11.7. The van der Waals surface area contributed by atoms with Gasteiger partial charge in [0, 0.05) is 31.0 Å². The lowest BCUT2D eigenvalue weighted by molar-refractivity contribution is 0.0946. The summed E-state index contributed by atoms with van der Waals surface area (Å²) in [5.41, 5.74) is 1.49. The van der Waals surface area contributed by atoms with Gasteiger partial charge < -0.3 is 15.2 Å². The van der Waals surface area contributed by atoms with Gasteiger partial charge in [0.15, 0.2) is 0 Å². The highest BCUT2D eigenvalue weighted by Gasteiger charge is 2.14. The number of anilines is 1. The normalized spacial score (nSPS) is 12.0. The SMILES string of the molecule is CC(C)Cc1cc(C(=O)NCC(C)N(C)c2ccccc2)nc(=O)[nH]1. The first-order valence-corrected chi connectivity index (χ1v) is 8.53. The lowest BCUT2D eigenvalue weighted by atomic mass is 10.1. The number of benzene rings is 1. The van der Waals surface area contributed by atoms with Gasteiger partial charge >= 0.3 is 5.69 Å². The molecule has 1 amide bonds. The second kappa shape index (κ2) is 8.46. The second-order valence-corrected chi connectivity index (χ2v) is 6.70. The van der Waals surface area contributed by atoms with E-state index in [2.05, 4.69) is 34.0 Å². The molecule has 0 saturated carbocycles. The minimum atomic E-state index is -0.488. The topological polar surface area (TPSA) is 78.1 Å². The summed E-state index contributed by atoms with van der Waals surface area (Å²) in [7, 11) is 1.98. The van der Waals surface area contributed by atoms with E-state index in [1.54, 1.807) is 6.07 Å². The highest BCUT2D eigenvalue weighted by molar-refractivity contribution is 5.92. The summed E-state index contributed by atoms with van der Waals surface area (Å²) in [6.07, 6.45) is 0.700. The molecule has 2 rings (SSSR count). The molecule has 134 valence electrons. The van der Waals surface area contributed by atoms with E-state index in [1.165, 1.54) is 0 Å². The van der Waals surface area contributed by atoms with Crippen molar-refractivity contribution in [1.82, 2.24) is 15.3 Å². The number of hydrogen-bond acceptors (Lipinski definition) is 4. The fraction of sp³-hybridized carbons (Fsp3) is 0.421. The molecule has 1 unspecified atom stereocenters. The predicted molar refractivity (Wildman–Crippen MR) is 100 cm³/mol. The second-order valence-electron chi connectivity index (χ2n) is 6.70. The first kappa shape index (κ1) is 18.7. The van der Waals surface area contributed by atoms with Crippen LogP contribution in [0.3, 0.4) is 0 Å². The van der Waals surface area contributed by atoms with Crippen molar-refractivity contribution in [3.05, 3.63) is 58.3 Å². The van der Waals surface area contributed by atoms with E-state index in [0.717, 1.165) is 11.4 Å². The van der Waals surface area contributed by atoms with Gasteiger partial charge in [0.05, 0.1) is 0 Å². The standard InChI is InChI=1S/C19H26N4O2/c1-13(2)10-15-11-17(22-19(25)21-15)18(24)20-12-14(3)23(4)16-8-6-5-7-9-16/h5-9,11,13-14H,10,12H2,1-4H3,(H,20,24)(H,21,22,25). The number of aromatic amines is 1. The van der Waals surface area contributed by atoms with Gasteiger partial charge in [-0.05, 0) is 37.5 Å². The summed E-state index contributed by atoms with van der Waals surface area (Å²) < 4.78 is 0. The van der Waals surface area contributed by atoms with Crippen molar-refractivity contribution in [1.29, 1.82) is 0 Å². The highest BCUT2D eigenvalue weighted by atomic mass is 16.2. The van der Waals surface area contributed by atoms with Gasteiger partial charge in [-0.3, -0.25) is 4.79 Å². The van der Waals surface area contributed by atoms with E-state index in [1.807, 2.05) is 44.3 Å². The van der Waals surface area contributed by atoms with Gasteiger partial charge in [-0.15, -0.1) is 0 Å². The van der Waals surface area contributed by atoms with Crippen LogP contribution in [-0.4, -0.2) is 35.5 Å². The fourth-order valence-corrected chi connectivity index (χ4v) is 2.56. The Hall–Kier alpha value is -2.63. The Kier molecular flexibility index (Phi) is 6.33. The zero-order chi connectivity index (χ0) is 18.4. The Morgan fingerprint density at radius 2 is 1.92 bits per heavy atom. The third-order valence-electron chi connectivity index (χ3n) is 4.04. The average molecular weight is 342 g/mol.